The van der Waals surface area contributed by atoms with Crippen molar-refractivity contribution in [3.63, 3.8) is 0 Å². The molecule has 0 spiro atoms. The standard InChI is InChI=1S/C6H9F2NO/c7-6(8)4-1-5(10)3-9-2-4/h4,6,9H,1-3H2. The monoisotopic (exact) mass is 149 g/mol. The van der Waals surface area contributed by atoms with E-state index >= 15 is 0 Å². The van der Waals surface area contributed by atoms with Gasteiger partial charge in [0.15, 0.2) is 0 Å². The van der Waals surface area contributed by atoms with Gasteiger partial charge in [-0.3, -0.25) is 4.79 Å². The number of ketones is 1. The molecule has 0 bridgehead atoms. The zero-order valence-corrected chi connectivity index (χ0v) is 5.44. The van der Waals surface area contributed by atoms with E-state index in [1.54, 1.807) is 0 Å². The topological polar surface area (TPSA) is 29.1 Å². The molecule has 0 radical (unpaired) electrons. The van der Waals surface area contributed by atoms with Crippen molar-refractivity contribution >= 4 is 5.78 Å². The van der Waals surface area contributed by atoms with Crippen LogP contribution in [0.5, 0.6) is 0 Å². The Morgan fingerprint density at radius 1 is 1.60 bits per heavy atom. The maximum atomic E-state index is 11.9. The molecule has 1 rings (SSSR count). The molecule has 1 N–H and O–H groups in total. The summed E-state index contributed by atoms with van der Waals surface area (Å²) < 4.78 is 23.8. The van der Waals surface area contributed by atoms with Gasteiger partial charge in [0.2, 0.25) is 6.43 Å². The molecule has 0 aromatic carbocycles. The van der Waals surface area contributed by atoms with Gasteiger partial charge in [0, 0.05) is 18.9 Å². The lowest BCUT2D eigenvalue weighted by molar-refractivity contribution is -0.122. The summed E-state index contributed by atoms with van der Waals surface area (Å²) in [7, 11) is 0. The summed E-state index contributed by atoms with van der Waals surface area (Å²) in [6.45, 7) is 0.520. The van der Waals surface area contributed by atoms with Crippen molar-refractivity contribution in [2.24, 2.45) is 5.92 Å². The van der Waals surface area contributed by atoms with Gasteiger partial charge in [-0.25, -0.2) is 8.78 Å². The predicted molar refractivity (Wildman–Crippen MR) is 32.0 cm³/mol. The van der Waals surface area contributed by atoms with Crippen molar-refractivity contribution in [3.05, 3.63) is 0 Å². The van der Waals surface area contributed by atoms with Crippen LogP contribution in [-0.4, -0.2) is 25.3 Å². The fourth-order valence-corrected chi connectivity index (χ4v) is 1.01. The minimum atomic E-state index is -2.36. The molecule has 1 heterocycles. The van der Waals surface area contributed by atoms with E-state index in [1.165, 1.54) is 0 Å². The van der Waals surface area contributed by atoms with Gasteiger partial charge in [-0.2, -0.15) is 0 Å². The number of carbonyl (C=O) groups excluding carboxylic acids is 1. The van der Waals surface area contributed by atoms with Gasteiger partial charge in [-0.05, 0) is 0 Å². The van der Waals surface area contributed by atoms with E-state index < -0.39 is 12.3 Å². The first-order chi connectivity index (χ1) is 4.70. The quantitative estimate of drug-likeness (QED) is 0.585. The maximum absolute atomic E-state index is 11.9. The number of carbonyl (C=O) groups is 1. The molecule has 1 saturated heterocycles. The van der Waals surface area contributed by atoms with Gasteiger partial charge in [0.05, 0.1) is 6.54 Å². The molecular weight excluding hydrogens is 140 g/mol. The lowest BCUT2D eigenvalue weighted by atomic mass is 10.00. The lowest BCUT2D eigenvalue weighted by Gasteiger charge is -2.20. The molecule has 1 aliphatic rings. The van der Waals surface area contributed by atoms with Gasteiger partial charge in [0.1, 0.15) is 5.78 Å². The second kappa shape index (κ2) is 3.05. The molecule has 4 heteroatoms. The van der Waals surface area contributed by atoms with E-state index in [0.717, 1.165) is 0 Å². The molecule has 0 saturated carbocycles. The Balaban J connectivity index is 2.39. The Bertz CT molecular complexity index is 138. The predicted octanol–water partition coefficient (Wildman–Crippen LogP) is 0.430. The van der Waals surface area contributed by atoms with Gasteiger partial charge >= 0.3 is 0 Å². The van der Waals surface area contributed by atoms with Crippen LogP contribution in [-0.2, 0) is 4.79 Å². The molecule has 0 aromatic rings. The zero-order valence-electron chi connectivity index (χ0n) is 5.44. The van der Waals surface area contributed by atoms with Crippen molar-refractivity contribution in [1.29, 1.82) is 0 Å². The van der Waals surface area contributed by atoms with Crippen molar-refractivity contribution in [1.82, 2.24) is 5.32 Å². The average Bonchev–Trinajstić information content (AvgIpc) is 1.88. The first-order valence-corrected chi connectivity index (χ1v) is 3.20. The molecule has 1 fully saturated rings. The summed E-state index contributed by atoms with van der Waals surface area (Å²) in [5, 5.41) is 2.64. The van der Waals surface area contributed by atoms with Gasteiger partial charge < -0.3 is 5.32 Å². The summed E-state index contributed by atoms with van der Waals surface area (Å²) in [5.74, 6) is -0.877. The van der Waals surface area contributed by atoms with E-state index in [4.69, 9.17) is 0 Å². The van der Waals surface area contributed by atoms with Crippen LogP contribution in [0.1, 0.15) is 6.42 Å². The molecule has 0 aromatic heterocycles. The summed E-state index contributed by atoms with van der Waals surface area (Å²) in [4.78, 5) is 10.6. The van der Waals surface area contributed by atoms with Crippen molar-refractivity contribution in [3.8, 4) is 0 Å². The fourth-order valence-electron chi connectivity index (χ4n) is 1.01. The van der Waals surface area contributed by atoms with Crippen molar-refractivity contribution in [2.45, 2.75) is 12.8 Å². The second-order valence-corrected chi connectivity index (χ2v) is 2.47. The number of hydrogen-bond donors (Lipinski definition) is 1. The van der Waals surface area contributed by atoms with E-state index in [9.17, 15) is 13.6 Å². The summed E-state index contributed by atoms with van der Waals surface area (Å²) in [5.41, 5.74) is 0. The van der Waals surface area contributed by atoms with E-state index in [2.05, 4.69) is 5.32 Å². The average molecular weight is 149 g/mol. The minimum Gasteiger partial charge on any atom is -0.310 e. The summed E-state index contributed by atoms with van der Waals surface area (Å²) in [6, 6.07) is 0. The van der Waals surface area contributed by atoms with Gasteiger partial charge in [-0.1, -0.05) is 0 Å². The molecule has 0 amide bonds. The number of Topliss-reactive ketones (excluding diaryl/α,β-unsaturated/α-hetero) is 1. The van der Waals surface area contributed by atoms with Crippen LogP contribution in [0.4, 0.5) is 8.78 Å². The molecule has 0 aliphatic carbocycles. The normalized spacial score (nSPS) is 27.5. The first-order valence-electron chi connectivity index (χ1n) is 3.20. The largest absolute Gasteiger partial charge is 0.310 e. The van der Waals surface area contributed by atoms with Crippen LogP contribution in [0.25, 0.3) is 0 Å². The molecule has 1 unspecified atom stereocenters. The third-order valence-corrected chi connectivity index (χ3v) is 1.57. The molecule has 10 heavy (non-hydrogen) atoms. The number of nitrogens with one attached hydrogen (secondary N) is 1. The van der Waals surface area contributed by atoms with Gasteiger partial charge in [-0.15, -0.1) is 0 Å². The molecule has 2 nitrogen and oxygen atoms in total. The van der Waals surface area contributed by atoms with Crippen molar-refractivity contribution in [2.75, 3.05) is 13.1 Å². The smallest absolute Gasteiger partial charge is 0.243 e. The second-order valence-electron chi connectivity index (χ2n) is 2.47. The highest BCUT2D eigenvalue weighted by Crippen LogP contribution is 2.15. The van der Waals surface area contributed by atoms with Gasteiger partial charge in [0.25, 0.3) is 0 Å². The third-order valence-electron chi connectivity index (χ3n) is 1.57. The highest BCUT2D eigenvalue weighted by Gasteiger charge is 2.26. The Morgan fingerprint density at radius 2 is 2.30 bits per heavy atom. The SMILES string of the molecule is O=C1CNCC(C(F)F)C1. The van der Waals surface area contributed by atoms with Crippen LogP contribution < -0.4 is 5.32 Å². The van der Waals surface area contributed by atoms with Crippen LogP contribution in [0, 0.1) is 5.92 Å². The highest BCUT2D eigenvalue weighted by atomic mass is 19.3. The summed E-state index contributed by atoms with van der Waals surface area (Å²) in [6.07, 6.45) is -2.33. The first kappa shape index (κ1) is 7.60. The molecule has 1 atom stereocenters. The maximum Gasteiger partial charge on any atom is 0.243 e. The van der Waals surface area contributed by atoms with Crippen LogP contribution >= 0.6 is 0 Å². The number of halogens is 2. The Labute approximate surface area is 57.6 Å². The number of piperidine rings is 1. The highest BCUT2D eigenvalue weighted by molar-refractivity contribution is 5.81. The lowest BCUT2D eigenvalue weighted by Crippen LogP contribution is -2.39. The van der Waals surface area contributed by atoms with E-state index in [-0.39, 0.29) is 25.3 Å². The third kappa shape index (κ3) is 1.73. The van der Waals surface area contributed by atoms with E-state index in [1.807, 2.05) is 0 Å². The Kier molecular flexibility index (Phi) is 2.32. The number of rotatable bonds is 1. The number of hydrogen-bond acceptors (Lipinski definition) is 2. The fraction of sp³-hybridized carbons (Fsp3) is 0.833. The summed E-state index contributed by atoms with van der Waals surface area (Å²) >= 11 is 0. The van der Waals surface area contributed by atoms with Crippen molar-refractivity contribution < 1.29 is 13.6 Å². The Hall–Kier alpha value is -0.510. The van der Waals surface area contributed by atoms with Crippen LogP contribution in [0.15, 0.2) is 0 Å². The molecular formula is C6H9F2NO. The number of alkyl halides is 2. The van der Waals surface area contributed by atoms with E-state index in [0.29, 0.717) is 0 Å². The zero-order chi connectivity index (χ0) is 7.56. The minimum absolute atomic E-state index is 0.0324. The molecule has 1 aliphatic heterocycles. The molecule has 58 valence electrons. The van der Waals surface area contributed by atoms with Crippen LogP contribution in [0.3, 0.4) is 0 Å². The van der Waals surface area contributed by atoms with Crippen LogP contribution in [0.2, 0.25) is 0 Å². The Morgan fingerprint density at radius 3 is 2.70 bits per heavy atom.